The highest BCUT2D eigenvalue weighted by Crippen LogP contribution is 2.22. The molecule has 0 fully saturated rings. The van der Waals surface area contributed by atoms with Gasteiger partial charge in [-0.25, -0.2) is 0 Å². The highest BCUT2D eigenvalue weighted by molar-refractivity contribution is 4.60. The van der Waals surface area contributed by atoms with Crippen LogP contribution in [-0.2, 0) is 0 Å². The average Bonchev–Trinajstić information content (AvgIpc) is 2.31. The van der Waals surface area contributed by atoms with E-state index in [0.717, 1.165) is 11.8 Å². The lowest BCUT2D eigenvalue weighted by atomic mass is 9.90. The summed E-state index contributed by atoms with van der Waals surface area (Å²) in [5, 5.41) is 0. The molecule has 104 valence electrons. The number of unbranched alkanes of at least 4 members (excludes halogenated alkanes) is 6. The Hall–Kier alpha value is 0. The summed E-state index contributed by atoms with van der Waals surface area (Å²) in [6.07, 6.45) is 15.8. The number of hydrogen-bond donors (Lipinski definition) is 0. The summed E-state index contributed by atoms with van der Waals surface area (Å²) < 4.78 is 0. The van der Waals surface area contributed by atoms with Gasteiger partial charge in [0.05, 0.1) is 0 Å². The third-order valence-corrected chi connectivity index (χ3v) is 3.91. The van der Waals surface area contributed by atoms with Crippen LogP contribution in [0.1, 0.15) is 98.3 Å². The molecule has 0 aromatic rings. The predicted octanol–water partition coefficient (Wildman–Crippen LogP) is 6.59. The first-order valence-corrected chi connectivity index (χ1v) is 8.20. The minimum absolute atomic E-state index is 0.949. The topological polar surface area (TPSA) is 0 Å². The summed E-state index contributed by atoms with van der Waals surface area (Å²) in [6, 6.07) is 0. The lowest BCUT2D eigenvalue weighted by molar-refractivity contribution is 0.360. The van der Waals surface area contributed by atoms with E-state index in [2.05, 4.69) is 27.7 Å². The Morgan fingerprint density at radius 3 is 1.65 bits per heavy atom. The molecule has 0 nitrogen and oxygen atoms in total. The van der Waals surface area contributed by atoms with Gasteiger partial charge in [-0.15, -0.1) is 0 Å². The van der Waals surface area contributed by atoms with Gasteiger partial charge in [-0.2, -0.15) is 0 Å². The van der Waals surface area contributed by atoms with E-state index in [0.29, 0.717) is 0 Å². The van der Waals surface area contributed by atoms with Gasteiger partial charge in [0.2, 0.25) is 0 Å². The van der Waals surface area contributed by atoms with Crippen molar-refractivity contribution in [1.29, 1.82) is 0 Å². The van der Waals surface area contributed by atoms with Crippen LogP contribution in [0.4, 0.5) is 0 Å². The zero-order valence-corrected chi connectivity index (χ0v) is 12.9. The zero-order chi connectivity index (χ0) is 12.9. The summed E-state index contributed by atoms with van der Waals surface area (Å²) in [4.78, 5) is 0. The van der Waals surface area contributed by atoms with Crippen LogP contribution in [-0.4, -0.2) is 0 Å². The lowest BCUT2D eigenvalue weighted by Crippen LogP contribution is -2.03. The van der Waals surface area contributed by atoms with Crippen molar-refractivity contribution in [2.75, 3.05) is 0 Å². The fraction of sp³-hybridized carbons (Fsp3) is 1.00. The number of rotatable bonds is 12. The van der Waals surface area contributed by atoms with Crippen molar-refractivity contribution in [3.8, 4) is 0 Å². The molecule has 0 spiro atoms. The predicted molar refractivity (Wildman–Crippen MR) is 80.5 cm³/mol. The van der Waals surface area contributed by atoms with Gasteiger partial charge < -0.3 is 0 Å². The van der Waals surface area contributed by atoms with E-state index in [1.165, 1.54) is 70.6 Å². The van der Waals surface area contributed by atoms with Gasteiger partial charge in [-0.1, -0.05) is 91.9 Å². The van der Waals surface area contributed by atoms with Gasteiger partial charge in [-0.05, 0) is 18.3 Å². The van der Waals surface area contributed by atoms with Crippen LogP contribution in [0.3, 0.4) is 0 Å². The standard InChI is InChI=1S/C17H36/c1-5-7-9-10-11-12-14-17(4)15-16(3)13-8-6-2/h16-17H,5-15H2,1-4H3. The van der Waals surface area contributed by atoms with E-state index < -0.39 is 0 Å². The molecule has 0 rings (SSSR count). The summed E-state index contributed by atoms with van der Waals surface area (Å²) in [5.41, 5.74) is 0. The molecule has 0 amide bonds. The molecule has 0 bridgehead atoms. The molecule has 0 aromatic heterocycles. The van der Waals surface area contributed by atoms with Crippen molar-refractivity contribution in [1.82, 2.24) is 0 Å². The van der Waals surface area contributed by atoms with Crippen molar-refractivity contribution in [2.24, 2.45) is 11.8 Å². The second kappa shape index (κ2) is 12.5. The molecular weight excluding hydrogens is 204 g/mol. The van der Waals surface area contributed by atoms with Crippen molar-refractivity contribution < 1.29 is 0 Å². The Kier molecular flexibility index (Phi) is 12.5. The molecule has 0 aromatic carbocycles. The van der Waals surface area contributed by atoms with E-state index in [1.807, 2.05) is 0 Å². The van der Waals surface area contributed by atoms with E-state index >= 15 is 0 Å². The summed E-state index contributed by atoms with van der Waals surface area (Å²) in [5.74, 6) is 1.90. The molecule has 0 saturated carbocycles. The molecule has 0 saturated heterocycles. The molecule has 2 unspecified atom stereocenters. The van der Waals surface area contributed by atoms with Gasteiger partial charge in [0.15, 0.2) is 0 Å². The maximum Gasteiger partial charge on any atom is -0.0440 e. The van der Waals surface area contributed by atoms with Crippen LogP contribution in [0.25, 0.3) is 0 Å². The minimum Gasteiger partial charge on any atom is -0.0654 e. The Morgan fingerprint density at radius 2 is 1.06 bits per heavy atom. The van der Waals surface area contributed by atoms with Crippen molar-refractivity contribution in [2.45, 2.75) is 98.3 Å². The summed E-state index contributed by atoms with van der Waals surface area (Å²) >= 11 is 0. The lowest BCUT2D eigenvalue weighted by Gasteiger charge is -2.16. The van der Waals surface area contributed by atoms with Gasteiger partial charge in [-0.3, -0.25) is 0 Å². The third kappa shape index (κ3) is 12.2. The molecule has 0 radical (unpaired) electrons. The first kappa shape index (κ1) is 17.0. The van der Waals surface area contributed by atoms with Gasteiger partial charge in [0.25, 0.3) is 0 Å². The normalized spacial score (nSPS) is 14.8. The second-order valence-electron chi connectivity index (χ2n) is 6.14. The van der Waals surface area contributed by atoms with Crippen LogP contribution in [0, 0.1) is 11.8 Å². The fourth-order valence-corrected chi connectivity index (χ4v) is 2.75. The summed E-state index contributed by atoms with van der Waals surface area (Å²) in [6.45, 7) is 9.48. The molecule has 0 aliphatic carbocycles. The Labute approximate surface area is 111 Å². The van der Waals surface area contributed by atoms with Crippen LogP contribution >= 0.6 is 0 Å². The van der Waals surface area contributed by atoms with E-state index in [4.69, 9.17) is 0 Å². The van der Waals surface area contributed by atoms with E-state index in [-0.39, 0.29) is 0 Å². The molecule has 17 heavy (non-hydrogen) atoms. The zero-order valence-electron chi connectivity index (χ0n) is 12.9. The maximum atomic E-state index is 2.45. The average molecular weight is 240 g/mol. The maximum absolute atomic E-state index is 2.45. The van der Waals surface area contributed by atoms with Crippen LogP contribution in [0.5, 0.6) is 0 Å². The Bertz CT molecular complexity index is 139. The van der Waals surface area contributed by atoms with E-state index in [1.54, 1.807) is 0 Å². The van der Waals surface area contributed by atoms with Crippen molar-refractivity contribution in [3.63, 3.8) is 0 Å². The summed E-state index contributed by atoms with van der Waals surface area (Å²) in [7, 11) is 0. The largest absolute Gasteiger partial charge is 0.0654 e. The van der Waals surface area contributed by atoms with Crippen LogP contribution in [0.2, 0.25) is 0 Å². The Balaban J connectivity index is 3.30. The van der Waals surface area contributed by atoms with Gasteiger partial charge >= 0.3 is 0 Å². The van der Waals surface area contributed by atoms with Crippen molar-refractivity contribution >= 4 is 0 Å². The highest BCUT2D eigenvalue weighted by atomic mass is 14.1. The highest BCUT2D eigenvalue weighted by Gasteiger charge is 2.08. The second-order valence-corrected chi connectivity index (χ2v) is 6.14. The van der Waals surface area contributed by atoms with E-state index in [9.17, 15) is 0 Å². The minimum atomic E-state index is 0.949. The quantitative estimate of drug-likeness (QED) is 0.338. The van der Waals surface area contributed by atoms with Crippen LogP contribution in [0.15, 0.2) is 0 Å². The fourth-order valence-electron chi connectivity index (χ4n) is 2.75. The SMILES string of the molecule is CCCCCCCCC(C)CC(C)CCCC. The first-order valence-electron chi connectivity index (χ1n) is 8.20. The smallest absolute Gasteiger partial charge is 0.0440 e. The molecule has 0 heterocycles. The monoisotopic (exact) mass is 240 g/mol. The molecule has 0 aliphatic heterocycles. The molecule has 2 atom stereocenters. The van der Waals surface area contributed by atoms with Gasteiger partial charge in [0, 0.05) is 0 Å². The third-order valence-electron chi connectivity index (χ3n) is 3.91. The Morgan fingerprint density at radius 1 is 0.588 bits per heavy atom. The molecule has 0 aliphatic rings. The molecular formula is C17H36. The van der Waals surface area contributed by atoms with Gasteiger partial charge in [0.1, 0.15) is 0 Å². The molecule has 0 N–H and O–H groups in total. The van der Waals surface area contributed by atoms with Crippen molar-refractivity contribution in [3.05, 3.63) is 0 Å². The number of hydrogen-bond acceptors (Lipinski definition) is 0. The first-order chi connectivity index (χ1) is 8.20. The molecule has 0 heteroatoms. The van der Waals surface area contributed by atoms with Crippen LogP contribution < -0.4 is 0 Å².